The summed E-state index contributed by atoms with van der Waals surface area (Å²) in [6.45, 7) is 2.05. The van der Waals surface area contributed by atoms with Crippen molar-refractivity contribution in [1.82, 2.24) is 10.3 Å². The molecule has 0 bridgehead atoms. The normalized spacial score (nSPS) is 11.4. The van der Waals surface area contributed by atoms with Gasteiger partial charge in [-0.2, -0.15) is 0 Å². The molecule has 9 heteroatoms. The van der Waals surface area contributed by atoms with Gasteiger partial charge in [-0.15, -0.1) is 0 Å². The van der Waals surface area contributed by atoms with Crippen molar-refractivity contribution in [2.24, 2.45) is 0 Å². The average molecular weight is 454 g/mol. The van der Waals surface area contributed by atoms with Crippen molar-refractivity contribution in [3.05, 3.63) is 84.1 Å². The molecule has 2 aromatic heterocycles. The number of fused-ring (bicyclic) bond motifs is 1. The zero-order valence-electron chi connectivity index (χ0n) is 17.0. The van der Waals surface area contributed by atoms with Gasteiger partial charge in [0.1, 0.15) is 4.90 Å². The molecule has 7 nitrogen and oxygen atoms in total. The number of nitrogens with zero attached hydrogens (tertiary/aromatic N) is 1. The SMILES string of the molecule is CCOc1cccc(S(=O)(=O)c2ccc(CNC(=O)c3cc4ccncc4o3)cc2)c1F. The molecule has 0 aliphatic heterocycles. The van der Waals surface area contributed by atoms with Crippen molar-refractivity contribution in [3.63, 3.8) is 0 Å². The Balaban J connectivity index is 1.48. The van der Waals surface area contributed by atoms with Gasteiger partial charge in [0, 0.05) is 18.1 Å². The molecule has 32 heavy (non-hydrogen) atoms. The number of aromatic nitrogens is 1. The van der Waals surface area contributed by atoms with E-state index in [1.165, 1.54) is 36.5 Å². The summed E-state index contributed by atoms with van der Waals surface area (Å²) in [5.74, 6) is -1.30. The second kappa shape index (κ2) is 8.80. The van der Waals surface area contributed by atoms with Gasteiger partial charge in [-0.05, 0) is 48.9 Å². The Labute approximate surface area is 183 Å². The van der Waals surface area contributed by atoms with Crippen LogP contribution in [0.1, 0.15) is 23.0 Å². The number of rotatable bonds is 7. The highest BCUT2D eigenvalue weighted by Gasteiger charge is 2.24. The molecule has 1 amide bonds. The van der Waals surface area contributed by atoms with Crippen LogP contribution in [-0.2, 0) is 16.4 Å². The fraction of sp³-hybridized carbons (Fsp3) is 0.130. The van der Waals surface area contributed by atoms with Crippen molar-refractivity contribution in [2.75, 3.05) is 6.61 Å². The van der Waals surface area contributed by atoms with Crippen LogP contribution in [0.15, 0.2) is 81.2 Å². The molecular formula is C23H19FN2O5S. The summed E-state index contributed by atoms with van der Waals surface area (Å²) in [5, 5.41) is 3.48. The molecule has 0 saturated carbocycles. The van der Waals surface area contributed by atoms with Gasteiger partial charge in [-0.1, -0.05) is 18.2 Å². The standard InChI is InChI=1S/C23H19FN2O5S/c1-2-30-18-4-3-5-21(22(18)24)32(28,29)17-8-6-15(7-9-17)13-26-23(27)19-12-16-10-11-25-14-20(16)31-19/h3-12,14H,2,13H2,1H3,(H,26,27). The second-order valence-corrected chi connectivity index (χ2v) is 8.77. The number of carbonyl (C=O) groups is 1. The largest absolute Gasteiger partial charge is 0.491 e. The van der Waals surface area contributed by atoms with Crippen LogP contribution in [-0.4, -0.2) is 25.9 Å². The summed E-state index contributed by atoms with van der Waals surface area (Å²) in [6, 6.07) is 13.2. The average Bonchev–Trinajstić information content (AvgIpc) is 3.24. The molecule has 0 aliphatic carbocycles. The molecule has 0 saturated heterocycles. The summed E-state index contributed by atoms with van der Waals surface area (Å²) in [7, 11) is -4.08. The molecule has 0 fully saturated rings. The molecule has 0 spiro atoms. The first kappa shape index (κ1) is 21.5. The van der Waals surface area contributed by atoms with Gasteiger partial charge in [-0.25, -0.2) is 12.8 Å². The fourth-order valence-corrected chi connectivity index (χ4v) is 4.49. The third kappa shape index (κ3) is 4.19. The third-order valence-electron chi connectivity index (χ3n) is 4.75. The number of hydrogen-bond acceptors (Lipinski definition) is 6. The lowest BCUT2D eigenvalue weighted by Crippen LogP contribution is -2.22. The second-order valence-electron chi connectivity index (χ2n) is 6.86. The molecule has 0 aliphatic rings. The maximum absolute atomic E-state index is 14.6. The zero-order valence-corrected chi connectivity index (χ0v) is 17.9. The van der Waals surface area contributed by atoms with Gasteiger partial charge in [0.05, 0.1) is 17.7 Å². The van der Waals surface area contributed by atoms with Crippen LogP contribution < -0.4 is 10.1 Å². The summed E-state index contributed by atoms with van der Waals surface area (Å²) < 4.78 is 51.0. The number of carbonyl (C=O) groups excluding carboxylic acids is 1. The predicted molar refractivity (Wildman–Crippen MR) is 115 cm³/mol. The summed E-state index contributed by atoms with van der Waals surface area (Å²) >= 11 is 0. The van der Waals surface area contributed by atoms with E-state index in [0.717, 1.165) is 5.39 Å². The van der Waals surface area contributed by atoms with Crippen LogP contribution in [0.2, 0.25) is 0 Å². The van der Waals surface area contributed by atoms with E-state index in [2.05, 4.69) is 10.3 Å². The Morgan fingerprint density at radius 3 is 2.66 bits per heavy atom. The first-order valence-electron chi connectivity index (χ1n) is 9.77. The number of furan rings is 1. The van der Waals surface area contributed by atoms with Crippen molar-refractivity contribution < 1.29 is 26.8 Å². The highest BCUT2D eigenvalue weighted by Crippen LogP contribution is 2.29. The predicted octanol–water partition coefficient (Wildman–Crippen LogP) is 4.13. The Kier molecular flexibility index (Phi) is 5.91. The van der Waals surface area contributed by atoms with Crippen molar-refractivity contribution >= 4 is 26.7 Å². The maximum atomic E-state index is 14.6. The zero-order chi connectivity index (χ0) is 22.7. The molecule has 0 radical (unpaired) electrons. The number of halogens is 1. The molecule has 164 valence electrons. The van der Waals surface area contributed by atoms with E-state index < -0.39 is 26.5 Å². The molecule has 0 unspecified atom stereocenters. The molecule has 2 aromatic carbocycles. The summed E-state index contributed by atoms with van der Waals surface area (Å²) in [5.41, 5.74) is 1.17. The van der Waals surface area contributed by atoms with Crippen LogP contribution in [0.5, 0.6) is 5.75 Å². The van der Waals surface area contributed by atoms with E-state index in [1.807, 2.05) is 0 Å². The third-order valence-corrected chi connectivity index (χ3v) is 6.54. The van der Waals surface area contributed by atoms with Crippen LogP contribution >= 0.6 is 0 Å². The van der Waals surface area contributed by atoms with Crippen molar-refractivity contribution in [1.29, 1.82) is 0 Å². The Morgan fingerprint density at radius 1 is 1.16 bits per heavy atom. The van der Waals surface area contributed by atoms with Gasteiger partial charge in [0.2, 0.25) is 9.84 Å². The first-order valence-corrected chi connectivity index (χ1v) is 11.3. The van der Waals surface area contributed by atoms with E-state index in [-0.39, 0.29) is 29.6 Å². The lowest BCUT2D eigenvalue weighted by atomic mass is 10.2. The Bertz CT molecular complexity index is 1350. The molecular weight excluding hydrogens is 435 g/mol. The quantitative estimate of drug-likeness (QED) is 0.451. The van der Waals surface area contributed by atoms with E-state index >= 15 is 0 Å². The lowest BCUT2D eigenvalue weighted by molar-refractivity contribution is 0.0925. The number of amides is 1. The van der Waals surface area contributed by atoms with Crippen LogP contribution in [0.25, 0.3) is 11.0 Å². The molecule has 2 heterocycles. The smallest absolute Gasteiger partial charge is 0.287 e. The van der Waals surface area contributed by atoms with Crippen LogP contribution in [0, 0.1) is 5.82 Å². The van der Waals surface area contributed by atoms with Gasteiger partial charge >= 0.3 is 0 Å². The van der Waals surface area contributed by atoms with Gasteiger partial charge in [0.15, 0.2) is 22.9 Å². The molecule has 1 N–H and O–H groups in total. The number of hydrogen-bond donors (Lipinski definition) is 1. The highest BCUT2D eigenvalue weighted by atomic mass is 32.2. The van der Waals surface area contributed by atoms with Gasteiger partial charge in [-0.3, -0.25) is 9.78 Å². The van der Waals surface area contributed by atoms with Gasteiger partial charge < -0.3 is 14.5 Å². The van der Waals surface area contributed by atoms with E-state index in [9.17, 15) is 17.6 Å². The minimum Gasteiger partial charge on any atom is -0.491 e. The summed E-state index contributed by atoms with van der Waals surface area (Å²) in [4.78, 5) is 15.8. The van der Waals surface area contributed by atoms with E-state index in [1.54, 1.807) is 37.4 Å². The van der Waals surface area contributed by atoms with E-state index in [0.29, 0.717) is 11.1 Å². The highest BCUT2D eigenvalue weighted by molar-refractivity contribution is 7.91. The van der Waals surface area contributed by atoms with Crippen LogP contribution in [0.4, 0.5) is 4.39 Å². The number of benzene rings is 2. The number of sulfone groups is 1. The topological polar surface area (TPSA) is 98.5 Å². The molecule has 4 aromatic rings. The maximum Gasteiger partial charge on any atom is 0.287 e. The first-order chi connectivity index (χ1) is 15.4. The number of ether oxygens (including phenoxy) is 1. The Morgan fingerprint density at radius 2 is 1.94 bits per heavy atom. The van der Waals surface area contributed by atoms with Gasteiger partial charge in [0.25, 0.3) is 5.91 Å². The summed E-state index contributed by atoms with van der Waals surface area (Å²) in [6.07, 6.45) is 3.13. The van der Waals surface area contributed by atoms with Crippen molar-refractivity contribution in [2.45, 2.75) is 23.3 Å². The van der Waals surface area contributed by atoms with Crippen LogP contribution in [0.3, 0.4) is 0 Å². The lowest BCUT2D eigenvalue weighted by Gasteiger charge is -2.10. The monoisotopic (exact) mass is 454 g/mol. The van der Waals surface area contributed by atoms with Crippen molar-refractivity contribution in [3.8, 4) is 5.75 Å². The van der Waals surface area contributed by atoms with E-state index in [4.69, 9.17) is 9.15 Å². The fourth-order valence-electron chi connectivity index (χ4n) is 3.14. The minimum atomic E-state index is -4.08. The molecule has 0 atom stereocenters. The number of nitrogens with one attached hydrogen (secondary N) is 1. The Hall–Kier alpha value is -3.72. The molecule has 4 rings (SSSR count). The number of pyridine rings is 1. The minimum absolute atomic E-state index is 0.0649.